The highest BCUT2D eigenvalue weighted by molar-refractivity contribution is 5.84. The zero-order valence-electron chi connectivity index (χ0n) is 31.5. The molecule has 1 rings (SSSR count). The third kappa shape index (κ3) is 17.2. The molecule has 0 bridgehead atoms. The summed E-state index contributed by atoms with van der Waals surface area (Å²) in [7, 11) is 5.40. The second kappa shape index (κ2) is 25.9. The minimum Gasteiger partial charge on any atom is -0.480 e. The molecule has 16 heteroatoms. The monoisotopic (exact) mass is 732 g/mol. The summed E-state index contributed by atoms with van der Waals surface area (Å²) in [5.74, 6) is -2.35. The van der Waals surface area contributed by atoms with Crippen LogP contribution in [0.2, 0.25) is 0 Å². The molecule has 51 heavy (non-hydrogen) atoms. The lowest BCUT2D eigenvalue weighted by molar-refractivity contribution is -0.263. The molecule has 0 saturated carbocycles. The first-order valence-electron chi connectivity index (χ1n) is 15.7. The second-order valence-corrected chi connectivity index (χ2v) is 12.6. The number of carboxylic acid groups (broad SMARTS) is 1. The molecular formula is C35H60N2O14. The number of rotatable bonds is 17. The van der Waals surface area contributed by atoms with E-state index in [-0.39, 0.29) is 24.6 Å². The standard InChI is InChI=1S/C13H21NO4.C11H18O4.C8H14O3.C3H7NO3/c1-6-7-13(11(16)17-5)8-18-10(12(2,3)4)14(13)9-15;1-5-7-11(2,10(12)13-3)8-6-9-15-14-4;1-4-5-8(2,6-9)7(10)11-3;4-2(1-5)3(6)7/h6,9-10H,1,7-8H2,2-5H3;5-6,8H,1,7,9H2,2-4H3;4,9H,1,5-6H2,2-3H3;2,5H,1,4H2,(H,6,7)/b;8-6+;;/t10-,13?;;;/m1.../s1. The number of allylic oxidation sites excluding steroid dienone is 2. The van der Waals surface area contributed by atoms with Gasteiger partial charge in [0.1, 0.15) is 18.9 Å². The van der Waals surface area contributed by atoms with Gasteiger partial charge in [-0.2, -0.15) is 0 Å². The van der Waals surface area contributed by atoms with Gasteiger partial charge < -0.3 is 40.0 Å². The molecule has 5 N–H and O–H groups in total. The summed E-state index contributed by atoms with van der Waals surface area (Å²) in [5.41, 5.74) is 1.89. The number of carboxylic acids is 1. The first kappa shape index (κ1) is 51.4. The first-order chi connectivity index (χ1) is 23.7. The third-order valence-corrected chi connectivity index (χ3v) is 7.25. The fourth-order valence-corrected chi connectivity index (χ4v) is 4.28. The fourth-order valence-electron chi connectivity index (χ4n) is 4.28. The fraction of sp³-hybridized carbons (Fsp3) is 0.629. The lowest BCUT2D eigenvalue weighted by atomic mass is 9.86. The Morgan fingerprint density at radius 2 is 1.49 bits per heavy atom. The Hall–Kier alpha value is -3.93. The predicted molar refractivity (Wildman–Crippen MR) is 188 cm³/mol. The van der Waals surface area contributed by atoms with E-state index in [4.69, 9.17) is 35.3 Å². The van der Waals surface area contributed by atoms with Gasteiger partial charge in [0, 0.05) is 11.8 Å². The zero-order chi connectivity index (χ0) is 40.5. The molecule has 0 aromatic heterocycles. The van der Waals surface area contributed by atoms with Crippen molar-refractivity contribution in [3.8, 4) is 0 Å². The Balaban J connectivity index is -0.000000634. The van der Waals surface area contributed by atoms with Gasteiger partial charge in [0.15, 0.2) is 5.54 Å². The van der Waals surface area contributed by atoms with E-state index in [2.05, 4.69) is 34.2 Å². The first-order valence-corrected chi connectivity index (χ1v) is 15.7. The summed E-state index contributed by atoms with van der Waals surface area (Å²) in [5, 5.41) is 24.8. The molecule has 1 aliphatic rings. The van der Waals surface area contributed by atoms with Crippen LogP contribution in [0.4, 0.5) is 0 Å². The Morgan fingerprint density at radius 3 is 1.82 bits per heavy atom. The van der Waals surface area contributed by atoms with E-state index in [0.717, 1.165) is 0 Å². The van der Waals surface area contributed by atoms with E-state index in [1.807, 2.05) is 20.8 Å². The van der Waals surface area contributed by atoms with E-state index < -0.39 is 53.2 Å². The number of aliphatic hydroxyl groups excluding tert-OH is 2. The molecule has 16 nitrogen and oxygen atoms in total. The summed E-state index contributed by atoms with van der Waals surface area (Å²) >= 11 is 0. The van der Waals surface area contributed by atoms with Crippen LogP contribution in [0.25, 0.3) is 0 Å². The highest BCUT2D eigenvalue weighted by atomic mass is 17.2. The molecular weight excluding hydrogens is 672 g/mol. The highest BCUT2D eigenvalue weighted by Crippen LogP contribution is 2.38. The number of methoxy groups -OCH3 is 3. The van der Waals surface area contributed by atoms with Crippen molar-refractivity contribution in [2.24, 2.45) is 22.0 Å². The topological polar surface area (TPSA) is 231 Å². The lowest BCUT2D eigenvalue weighted by Crippen LogP contribution is -2.56. The van der Waals surface area contributed by atoms with Crippen LogP contribution in [0.3, 0.4) is 0 Å². The molecule has 4 unspecified atom stereocenters. The van der Waals surface area contributed by atoms with E-state index in [1.54, 1.807) is 44.2 Å². The number of ether oxygens (including phenoxy) is 4. The molecule has 1 fully saturated rings. The normalized spacial score (nSPS) is 19.4. The minimum absolute atomic E-state index is 0.131. The van der Waals surface area contributed by atoms with Crippen molar-refractivity contribution in [2.75, 3.05) is 54.9 Å². The molecule has 0 radical (unpaired) electrons. The average Bonchev–Trinajstić information content (AvgIpc) is 3.49. The van der Waals surface area contributed by atoms with Crippen LogP contribution in [0.1, 0.15) is 53.9 Å². The number of carbonyl (C=O) groups excluding carboxylic acids is 4. The number of nitrogens with zero attached hydrogens (tertiary/aromatic N) is 1. The third-order valence-electron chi connectivity index (χ3n) is 7.25. The molecule has 0 spiro atoms. The second-order valence-electron chi connectivity index (χ2n) is 12.6. The maximum absolute atomic E-state index is 12.0. The van der Waals surface area contributed by atoms with Crippen molar-refractivity contribution >= 4 is 30.3 Å². The lowest BCUT2D eigenvalue weighted by Gasteiger charge is -2.37. The molecule has 0 aromatic carbocycles. The Kier molecular flexibility index (Phi) is 26.2. The maximum atomic E-state index is 12.0. The smallest absolute Gasteiger partial charge is 0.334 e. The molecule has 5 atom stereocenters. The quantitative estimate of drug-likeness (QED) is 0.0320. The molecule has 1 heterocycles. The van der Waals surface area contributed by atoms with Crippen molar-refractivity contribution in [2.45, 2.75) is 71.7 Å². The number of nitrogens with two attached hydrogens (primary N) is 1. The van der Waals surface area contributed by atoms with Crippen LogP contribution >= 0.6 is 0 Å². The van der Waals surface area contributed by atoms with Crippen molar-refractivity contribution in [3.63, 3.8) is 0 Å². The molecule has 1 amide bonds. The van der Waals surface area contributed by atoms with Crippen molar-refractivity contribution in [1.29, 1.82) is 0 Å². The molecule has 0 aromatic rings. The Labute approximate surface area is 301 Å². The van der Waals surface area contributed by atoms with E-state index in [9.17, 15) is 24.0 Å². The number of esters is 3. The van der Waals surface area contributed by atoms with Crippen LogP contribution < -0.4 is 5.73 Å². The van der Waals surface area contributed by atoms with Gasteiger partial charge in [0.2, 0.25) is 6.41 Å². The van der Waals surface area contributed by atoms with Crippen LogP contribution in [-0.2, 0) is 52.7 Å². The van der Waals surface area contributed by atoms with Gasteiger partial charge in [0.05, 0.1) is 59.1 Å². The summed E-state index contributed by atoms with van der Waals surface area (Å²) < 4.78 is 19.7. The Morgan fingerprint density at radius 1 is 0.941 bits per heavy atom. The van der Waals surface area contributed by atoms with Gasteiger partial charge in [-0.1, -0.05) is 51.2 Å². The van der Waals surface area contributed by atoms with E-state index in [0.29, 0.717) is 32.3 Å². The number of hydrogen-bond acceptors (Lipinski definition) is 14. The minimum atomic E-state index is -1.18. The van der Waals surface area contributed by atoms with Gasteiger partial charge in [-0.15, -0.1) is 19.7 Å². The number of aliphatic hydroxyl groups is 2. The van der Waals surface area contributed by atoms with Gasteiger partial charge >= 0.3 is 23.9 Å². The zero-order valence-corrected chi connectivity index (χ0v) is 31.5. The predicted octanol–water partition coefficient (Wildman–Crippen LogP) is 2.34. The van der Waals surface area contributed by atoms with Gasteiger partial charge in [-0.05, 0) is 26.7 Å². The van der Waals surface area contributed by atoms with Crippen LogP contribution in [0.15, 0.2) is 50.1 Å². The van der Waals surface area contributed by atoms with Crippen molar-refractivity contribution in [1.82, 2.24) is 4.90 Å². The van der Waals surface area contributed by atoms with Crippen LogP contribution in [-0.4, -0.2) is 123 Å². The van der Waals surface area contributed by atoms with Gasteiger partial charge in [-0.25, -0.2) is 14.6 Å². The van der Waals surface area contributed by atoms with Gasteiger partial charge in [-0.3, -0.25) is 24.1 Å². The van der Waals surface area contributed by atoms with Crippen LogP contribution in [0, 0.1) is 16.2 Å². The van der Waals surface area contributed by atoms with Crippen LogP contribution in [0.5, 0.6) is 0 Å². The molecule has 0 aliphatic carbocycles. The summed E-state index contributed by atoms with van der Waals surface area (Å²) in [6, 6.07) is -1.13. The van der Waals surface area contributed by atoms with E-state index >= 15 is 0 Å². The molecule has 294 valence electrons. The molecule has 1 saturated heterocycles. The van der Waals surface area contributed by atoms with Crippen molar-refractivity contribution < 1.29 is 68.0 Å². The SMILES string of the molecule is C=CCC(C)(/C=C/COOC)C(=O)OC.C=CCC(C)(CO)C(=O)OC.C=CCC1(C(=O)OC)CO[C@H](C(C)(C)C)N1C=O.NC(CO)C(=O)O. The van der Waals surface area contributed by atoms with Gasteiger partial charge in [0.25, 0.3) is 0 Å². The number of amides is 1. The van der Waals surface area contributed by atoms with E-state index in [1.165, 1.54) is 33.3 Å². The highest BCUT2D eigenvalue weighted by Gasteiger charge is 2.55. The summed E-state index contributed by atoms with van der Waals surface area (Å²) in [6.07, 6.45) is 9.78. The largest absolute Gasteiger partial charge is 0.480 e. The molecule has 1 aliphatic heterocycles. The summed E-state index contributed by atoms with van der Waals surface area (Å²) in [6.45, 7) is 19.7. The average molecular weight is 733 g/mol. The number of hydrogen-bond donors (Lipinski definition) is 4. The maximum Gasteiger partial charge on any atom is 0.334 e. The number of carbonyl (C=O) groups is 5. The summed E-state index contributed by atoms with van der Waals surface area (Å²) in [4.78, 5) is 66.0. The Bertz CT molecular complexity index is 1140. The number of aliphatic carboxylic acids is 1. The van der Waals surface area contributed by atoms with Crippen molar-refractivity contribution in [3.05, 3.63) is 50.1 Å².